The van der Waals surface area contributed by atoms with Crippen LogP contribution in [0.1, 0.15) is 0 Å². The average molecular weight is 127 g/mol. The van der Waals surface area contributed by atoms with Gasteiger partial charge in [0.05, 0.1) is 0 Å². The monoisotopic (exact) mass is 127 g/mol. The van der Waals surface area contributed by atoms with Gasteiger partial charge in [0, 0.05) is 5.41 Å². The molecule has 41 valence electrons. The summed E-state index contributed by atoms with van der Waals surface area (Å²) < 4.78 is 33.1. The molecule has 0 aromatic carbocycles. The molecule has 0 aromatic heterocycles. The Bertz CT molecular complexity index is 78.2. The summed E-state index contributed by atoms with van der Waals surface area (Å²) >= 11 is 3.83. The molecule has 0 saturated carbocycles. The largest absolute Gasteiger partial charge is 0.290 e. The van der Waals surface area contributed by atoms with Crippen LogP contribution in [0.4, 0.5) is 13.2 Å². The molecular weight excluding hydrogens is 125 g/mol. The van der Waals surface area contributed by atoms with E-state index in [-0.39, 0.29) is 0 Å². The Morgan fingerprint density at radius 2 is 2.00 bits per heavy atom. The number of halogens is 3. The Hall–Kier alpha value is -0.250. The van der Waals surface area contributed by atoms with Crippen LogP contribution in [0, 0.1) is 0 Å². The molecule has 0 aliphatic carbocycles. The second-order valence-electron chi connectivity index (χ2n) is 0.803. The van der Waals surface area contributed by atoms with Crippen molar-refractivity contribution < 1.29 is 13.2 Å². The van der Waals surface area contributed by atoms with Crippen molar-refractivity contribution in [2.75, 3.05) is 0 Å². The van der Waals surface area contributed by atoms with Crippen LogP contribution in [0.5, 0.6) is 0 Å². The van der Waals surface area contributed by atoms with Crippen LogP contribution >= 0.6 is 12.6 Å². The van der Waals surface area contributed by atoms with E-state index in [9.17, 15) is 13.2 Å². The molecule has 0 spiro atoms. The van der Waals surface area contributed by atoms with Gasteiger partial charge in [-0.05, 0) is 0 Å². The minimum atomic E-state index is -3.04. The van der Waals surface area contributed by atoms with Crippen LogP contribution < -0.4 is 0 Å². The first-order chi connectivity index (χ1) is 3.18. The fraction of sp³-hybridized carbons (Fsp3) is 0.333. The molecule has 0 atom stereocenters. The van der Waals surface area contributed by atoms with Gasteiger partial charge in [0.2, 0.25) is 0 Å². The van der Waals surface area contributed by atoms with Crippen LogP contribution in [-0.2, 0) is 0 Å². The van der Waals surface area contributed by atoms with E-state index >= 15 is 0 Å². The van der Waals surface area contributed by atoms with E-state index in [4.69, 9.17) is 0 Å². The third-order valence-electron chi connectivity index (χ3n) is 0.321. The quantitative estimate of drug-likeness (QED) is 0.506. The van der Waals surface area contributed by atoms with E-state index in [0.717, 1.165) is 0 Å². The lowest BCUT2D eigenvalue weighted by molar-refractivity contribution is 0.159. The average Bonchev–Trinajstić information content (AvgIpc) is 1.65. The highest BCUT2D eigenvalue weighted by atomic mass is 32.1. The maximum atomic E-state index is 11.3. The van der Waals surface area contributed by atoms with Gasteiger partial charge < -0.3 is 0 Å². The number of alkyl halides is 2. The first kappa shape index (κ1) is 6.75. The number of rotatable bonds is 1. The van der Waals surface area contributed by atoms with E-state index < -0.39 is 12.3 Å². The van der Waals surface area contributed by atoms with Crippen LogP contribution in [0.15, 0.2) is 11.2 Å². The lowest BCUT2D eigenvalue weighted by Crippen LogP contribution is -1.86. The van der Waals surface area contributed by atoms with Crippen molar-refractivity contribution in [1.82, 2.24) is 0 Å². The summed E-state index contributed by atoms with van der Waals surface area (Å²) in [5, 5.41) is 0.324. The molecule has 0 heterocycles. The molecule has 0 fully saturated rings. The second kappa shape index (κ2) is 2.85. The standard InChI is InChI=1S/C3H2F3S/c4-2(1-7)3(5)6/h1,3H. The molecule has 0 amide bonds. The van der Waals surface area contributed by atoms with Crippen molar-refractivity contribution in [2.45, 2.75) is 6.43 Å². The molecular formula is C3H2F3S. The minimum absolute atomic E-state index is 0.324. The molecule has 0 rings (SSSR count). The van der Waals surface area contributed by atoms with Crippen LogP contribution in [0.2, 0.25) is 0 Å². The Balaban J connectivity index is 3.56. The van der Waals surface area contributed by atoms with E-state index in [1.807, 2.05) is 0 Å². The summed E-state index contributed by atoms with van der Waals surface area (Å²) in [4.78, 5) is 0. The predicted molar refractivity (Wildman–Crippen MR) is 22.8 cm³/mol. The maximum Gasteiger partial charge on any atom is 0.290 e. The van der Waals surface area contributed by atoms with E-state index in [0.29, 0.717) is 5.41 Å². The molecule has 0 saturated heterocycles. The minimum Gasteiger partial charge on any atom is -0.205 e. The summed E-state index contributed by atoms with van der Waals surface area (Å²) in [5.41, 5.74) is 0. The van der Waals surface area contributed by atoms with Crippen LogP contribution in [0.25, 0.3) is 0 Å². The molecule has 0 bridgehead atoms. The van der Waals surface area contributed by atoms with Crippen molar-refractivity contribution in [3.8, 4) is 0 Å². The SMILES string of the molecule is FC(=C[S])C(F)F. The first-order valence-electron chi connectivity index (χ1n) is 1.44. The molecule has 0 aliphatic rings. The Morgan fingerprint density at radius 1 is 1.57 bits per heavy atom. The third-order valence-corrected chi connectivity index (χ3v) is 0.546. The zero-order valence-corrected chi connectivity index (χ0v) is 4.01. The van der Waals surface area contributed by atoms with Gasteiger partial charge in [0.15, 0.2) is 5.83 Å². The highest BCUT2D eigenvalue weighted by molar-refractivity contribution is 7.83. The van der Waals surface area contributed by atoms with Crippen molar-refractivity contribution in [3.05, 3.63) is 11.2 Å². The highest BCUT2D eigenvalue weighted by Gasteiger charge is 2.07. The van der Waals surface area contributed by atoms with Gasteiger partial charge in [-0.25, -0.2) is 13.2 Å². The zero-order chi connectivity index (χ0) is 5.86. The molecule has 0 nitrogen and oxygen atoms in total. The number of hydrogen-bond acceptors (Lipinski definition) is 0. The van der Waals surface area contributed by atoms with Gasteiger partial charge in [-0.1, -0.05) is 12.6 Å². The molecule has 1 radical (unpaired) electrons. The van der Waals surface area contributed by atoms with E-state index in [1.165, 1.54) is 0 Å². The van der Waals surface area contributed by atoms with E-state index in [1.54, 1.807) is 0 Å². The molecule has 0 N–H and O–H groups in total. The van der Waals surface area contributed by atoms with Crippen molar-refractivity contribution in [1.29, 1.82) is 0 Å². The lowest BCUT2D eigenvalue weighted by Gasteiger charge is -1.86. The van der Waals surface area contributed by atoms with Gasteiger partial charge in [0.25, 0.3) is 6.43 Å². The third kappa shape index (κ3) is 2.45. The van der Waals surface area contributed by atoms with Crippen molar-refractivity contribution in [2.24, 2.45) is 0 Å². The molecule has 0 unspecified atom stereocenters. The summed E-state index contributed by atoms with van der Waals surface area (Å²) in [6.07, 6.45) is -3.04. The smallest absolute Gasteiger partial charge is 0.205 e. The van der Waals surface area contributed by atoms with Gasteiger partial charge in [-0.3, -0.25) is 0 Å². The Labute approximate surface area is 44.4 Å². The summed E-state index contributed by atoms with van der Waals surface area (Å²) in [5.74, 6) is -1.55. The lowest BCUT2D eigenvalue weighted by atomic mass is 10.6. The second-order valence-corrected chi connectivity index (χ2v) is 1.04. The van der Waals surface area contributed by atoms with Gasteiger partial charge in [-0.15, -0.1) is 0 Å². The normalized spacial score (nSPS) is 12.9. The molecule has 0 aromatic rings. The maximum absolute atomic E-state index is 11.3. The fourth-order valence-corrected chi connectivity index (χ4v) is 0.154. The Morgan fingerprint density at radius 3 is 2.00 bits per heavy atom. The van der Waals surface area contributed by atoms with Crippen molar-refractivity contribution in [3.63, 3.8) is 0 Å². The first-order valence-corrected chi connectivity index (χ1v) is 1.91. The highest BCUT2D eigenvalue weighted by Crippen LogP contribution is 2.09. The van der Waals surface area contributed by atoms with E-state index in [2.05, 4.69) is 12.6 Å². The van der Waals surface area contributed by atoms with Crippen molar-refractivity contribution >= 4 is 12.6 Å². The predicted octanol–water partition coefficient (Wildman–Crippen LogP) is 2.26. The zero-order valence-electron chi connectivity index (χ0n) is 3.20. The van der Waals surface area contributed by atoms with Gasteiger partial charge >= 0.3 is 0 Å². The molecule has 0 aliphatic heterocycles. The topological polar surface area (TPSA) is 0 Å². The Kier molecular flexibility index (Phi) is 2.75. The summed E-state index contributed by atoms with van der Waals surface area (Å²) in [6, 6.07) is 0. The number of hydrogen-bond donors (Lipinski definition) is 0. The summed E-state index contributed by atoms with van der Waals surface area (Å²) in [7, 11) is 0. The van der Waals surface area contributed by atoms with Crippen LogP contribution in [-0.4, -0.2) is 6.43 Å². The number of allylic oxidation sites excluding steroid dienone is 1. The summed E-state index contributed by atoms with van der Waals surface area (Å²) in [6.45, 7) is 0. The van der Waals surface area contributed by atoms with Crippen LogP contribution in [0.3, 0.4) is 0 Å². The fourth-order valence-electron chi connectivity index (χ4n) is 0.0514. The molecule has 7 heavy (non-hydrogen) atoms. The molecule has 4 heteroatoms. The van der Waals surface area contributed by atoms with Gasteiger partial charge in [-0.2, -0.15) is 0 Å². The van der Waals surface area contributed by atoms with Gasteiger partial charge in [0.1, 0.15) is 0 Å².